The van der Waals surface area contributed by atoms with Gasteiger partial charge in [-0.15, -0.1) is 0 Å². The summed E-state index contributed by atoms with van der Waals surface area (Å²) in [6.07, 6.45) is 4.71. The maximum absolute atomic E-state index is 12.3. The third-order valence-electron chi connectivity index (χ3n) is 4.47. The number of hydrogen-bond acceptors (Lipinski definition) is 1. The average Bonchev–Trinajstić information content (AvgIpc) is 3.21. The highest BCUT2D eigenvalue weighted by molar-refractivity contribution is 6.35. The Hall–Kier alpha value is -2.72. The molecule has 1 amide bonds. The highest BCUT2D eigenvalue weighted by Gasteiger charge is 2.08. The van der Waals surface area contributed by atoms with Crippen LogP contribution < -0.4 is 5.32 Å². The molecule has 4 nitrogen and oxygen atoms in total. The minimum absolute atomic E-state index is 0.00248. The third kappa shape index (κ3) is 3.13. The Balaban J connectivity index is 1.38. The largest absolute Gasteiger partial charge is 0.361 e. The minimum Gasteiger partial charge on any atom is -0.361 e. The smallest absolute Gasteiger partial charge is 0.239 e. The Morgan fingerprint density at radius 2 is 1.96 bits per heavy atom. The maximum atomic E-state index is 12.3. The van der Waals surface area contributed by atoms with Gasteiger partial charge in [-0.25, -0.2) is 0 Å². The zero-order chi connectivity index (χ0) is 17.2. The minimum atomic E-state index is -0.00248. The van der Waals surface area contributed by atoms with E-state index in [1.807, 2.05) is 53.4 Å². The van der Waals surface area contributed by atoms with Gasteiger partial charge in [-0.05, 0) is 36.2 Å². The van der Waals surface area contributed by atoms with Gasteiger partial charge in [0.25, 0.3) is 0 Å². The van der Waals surface area contributed by atoms with Crippen molar-refractivity contribution >= 4 is 39.3 Å². The second-order valence-electron chi connectivity index (χ2n) is 6.08. The van der Waals surface area contributed by atoms with Gasteiger partial charge in [-0.1, -0.05) is 35.9 Å². The van der Waals surface area contributed by atoms with Crippen molar-refractivity contribution in [2.45, 2.75) is 13.0 Å². The molecule has 0 unspecified atom stereocenters. The lowest BCUT2D eigenvalue weighted by Gasteiger charge is -2.07. The fraction of sp³-hybridized carbons (Fsp3) is 0.150. The Labute approximate surface area is 150 Å². The van der Waals surface area contributed by atoms with Crippen LogP contribution in [0.25, 0.3) is 21.8 Å². The first-order valence-corrected chi connectivity index (χ1v) is 8.65. The number of nitrogens with zero attached hydrogens (tertiary/aromatic N) is 1. The summed E-state index contributed by atoms with van der Waals surface area (Å²) in [5, 5.41) is 5.88. The normalized spacial score (nSPS) is 11.2. The molecule has 0 bridgehead atoms. The van der Waals surface area contributed by atoms with Crippen LogP contribution in [0.5, 0.6) is 0 Å². The van der Waals surface area contributed by atoms with Crippen molar-refractivity contribution in [2.24, 2.45) is 0 Å². The van der Waals surface area contributed by atoms with E-state index in [9.17, 15) is 4.79 Å². The Bertz CT molecular complexity index is 1050. The average molecular weight is 352 g/mol. The van der Waals surface area contributed by atoms with Crippen LogP contribution in [0.2, 0.25) is 5.02 Å². The van der Waals surface area contributed by atoms with Crippen molar-refractivity contribution < 1.29 is 4.79 Å². The number of carbonyl (C=O) groups excluding carboxylic acids is 1. The number of hydrogen-bond donors (Lipinski definition) is 2. The topological polar surface area (TPSA) is 49.8 Å². The van der Waals surface area contributed by atoms with Gasteiger partial charge < -0.3 is 14.9 Å². The molecule has 5 heteroatoms. The van der Waals surface area contributed by atoms with Gasteiger partial charge in [0.1, 0.15) is 6.54 Å². The highest BCUT2D eigenvalue weighted by atomic mass is 35.5. The first-order valence-electron chi connectivity index (χ1n) is 8.27. The summed E-state index contributed by atoms with van der Waals surface area (Å²) in [5.74, 6) is -0.00248. The lowest BCUT2D eigenvalue weighted by atomic mass is 10.1. The second-order valence-corrected chi connectivity index (χ2v) is 6.48. The van der Waals surface area contributed by atoms with Crippen LogP contribution in [0.1, 0.15) is 5.56 Å². The molecule has 4 aromatic rings. The number of amides is 1. The molecular weight excluding hydrogens is 334 g/mol. The van der Waals surface area contributed by atoms with E-state index in [0.717, 1.165) is 22.8 Å². The van der Waals surface area contributed by atoms with Crippen LogP contribution in [-0.2, 0) is 17.8 Å². The molecule has 0 fully saturated rings. The molecule has 25 heavy (non-hydrogen) atoms. The SMILES string of the molecule is O=C(Cn1ccc2c(Cl)cccc21)NCCc1c[nH]c2ccccc12. The molecule has 0 saturated carbocycles. The number of rotatable bonds is 5. The van der Waals surface area contributed by atoms with Crippen LogP contribution >= 0.6 is 11.6 Å². The van der Waals surface area contributed by atoms with E-state index in [4.69, 9.17) is 11.6 Å². The maximum Gasteiger partial charge on any atom is 0.239 e. The van der Waals surface area contributed by atoms with Gasteiger partial charge in [0, 0.05) is 45.8 Å². The molecule has 0 aliphatic rings. The van der Waals surface area contributed by atoms with Crippen LogP contribution in [0, 0.1) is 0 Å². The van der Waals surface area contributed by atoms with Crippen molar-refractivity contribution in [1.82, 2.24) is 14.9 Å². The van der Waals surface area contributed by atoms with E-state index in [2.05, 4.69) is 22.4 Å². The van der Waals surface area contributed by atoms with E-state index >= 15 is 0 Å². The summed E-state index contributed by atoms with van der Waals surface area (Å²) in [5.41, 5.74) is 3.31. The van der Waals surface area contributed by atoms with Crippen molar-refractivity contribution in [1.29, 1.82) is 0 Å². The molecule has 126 valence electrons. The number of fused-ring (bicyclic) bond motifs is 2. The summed E-state index contributed by atoms with van der Waals surface area (Å²) in [6.45, 7) is 0.901. The number of aromatic nitrogens is 2. The number of halogens is 1. The van der Waals surface area contributed by atoms with E-state index < -0.39 is 0 Å². The molecule has 4 rings (SSSR count). The molecule has 0 atom stereocenters. The zero-order valence-corrected chi connectivity index (χ0v) is 14.4. The van der Waals surface area contributed by atoms with Gasteiger partial charge in [0.05, 0.1) is 0 Å². The summed E-state index contributed by atoms with van der Waals surface area (Å²) < 4.78 is 1.92. The molecule has 0 aliphatic carbocycles. The predicted octanol–water partition coefficient (Wildman–Crippen LogP) is 4.13. The molecule has 2 N–H and O–H groups in total. The molecule has 2 heterocycles. The van der Waals surface area contributed by atoms with Crippen LogP contribution in [0.3, 0.4) is 0 Å². The van der Waals surface area contributed by atoms with Crippen LogP contribution in [-0.4, -0.2) is 22.0 Å². The Morgan fingerprint density at radius 1 is 1.08 bits per heavy atom. The van der Waals surface area contributed by atoms with E-state index in [1.54, 1.807) is 0 Å². The predicted molar refractivity (Wildman–Crippen MR) is 102 cm³/mol. The summed E-state index contributed by atoms with van der Waals surface area (Å²) in [7, 11) is 0. The van der Waals surface area contributed by atoms with Gasteiger partial charge in [-0.3, -0.25) is 4.79 Å². The van der Waals surface area contributed by atoms with Gasteiger partial charge >= 0.3 is 0 Å². The van der Waals surface area contributed by atoms with Crippen molar-refractivity contribution in [3.63, 3.8) is 0 Å². The zero-order valence-electron chi connectivity index (χ0n) is 13.6. The van der Waals surface area contributed by atoms with Crippen molar-refractivity contribution in [2.75, 3.05) is 6.54 Å². The van der Waals surface area contributed by atoms with Crippen molar-refractivity contribution in [3.05, 3.63) is 71.5 Å². The molecule has 0 saturated heterocycles. The molecule has 0 spiro atoms. The van der Waals surface area contributed by atoms with Gasteiger partial charge in [-0.2, -0.15) is 0 Å². The number of carbonyl (C=O) groups is 1. The van der Waals surface area contributed by atoms with Crippen LogP contribution in [0.4, 0.5) is 0 Å². The highest BCUT2D eigenvalue weighted by Crippen LogP contribution is 2.24. The second kappa shape index (κ2) is 6.65. The fourth-order valence-electron chi connectivity index (χ4n) is 3.21. The molecule has 0 aliphatic heterocycles. The van der Waals surface area contributed by atoms with E-state index in [1.165, 1.54) is 10.9 Å². The number of para-hydroxylation sites is 1. The lowest BCUT2D eigenvalue weighted by Crippen LogP contribution is -2.29. The number of aromatic amines is 1. The molecule has 2 aromatic heterocycles. The first-order chi connectivity index (χ1) is 12.2. The summed E-state index contributed by atoms with van der Waals surface area (Å²) >= 11 is 6.18. The summed E-state index contributed by atoms with van der Waals surface area (Å²) in [4.78, 5) is 15.5. The van der Waals surface area contributed by atoms with E-state index in [0.29, 0.717) is 11.6 Å². The quantitative estimate of drug-likeness (QED) is 0.558. The fourth-order valence-corrected chi connectivity index (χ4v) is 3.44. The molecule has 2 aromatic carbocycles. The van der Waals surface area contributed by atoms with Crippen LogP contribution in [0.15, 0.2) is 60.9 Å². The first kappa shape index (κ1) is 15.8. The van der Waals surface area contributed by atoms with Gasteiger partial charge in [0.15, 0.2) is 0 Å². The van der Waals surface area contributed by atoms with Gasteiger partial charge in [0.2, 0.25) is 5.91 Å². The number of benzene rings is 2. The monoisotopic (exact) mass is 351 g/mol. The van der Waals surface area contributed by atoms with Crippen molar-refractivity contribution in [3.8, 4) is 0 Å². The molecule has 0 radical (unpaired) electrons. The molecular formula is C20H18ClN3O. The summed E-state index contributed by atoms with van der Waals surface area (Å²) in [6, 6.07) is 15.9. The van der Waals surface area contributed by atoms with E-state index in [-0.39, 0.29) is 12.5 Å². The Kier molecular flexibility index (Phi) is 4.20. The number of nitrogens with one attached hydrogen (secondary N) is 2. The number of H-pyrrole nitrogens is 1. The Morgan fingerprint density at radius 3 is 2.88 bits per heavy atom. The lowest BCUT2D eigenvalue weighted by molar-refractivity contribution is -0.121. The standard InChI is InChI=1S/C20H18ClN3O/c21-17-5-3-7-19-16(17)9-11-24(19)13-20(25)22-10-8-14-12-23-18-6-2-1-4-15(14)18/h1-7,9,11-12,23H,8,10,13H2,(H,22,25). The third-order valence-corrected chi connectivity index (χ3v) is 4.80.